The molecule has 0 spiro atoms. The number of carbonyl (C=O) groups is 1. The van der Waals surface area contributed by atoms with Crippen molar-refractivity contribution in [3.8, 4) is 0 Å². The van der Waals surface area contributed by atoms with Crippen LogP contribution in [0, 0.1) is 0 Å². The second-order valence-corrected chi connectivity index (χ2v) is 7.03. The number of amides is 1. The van der Waals surface area contributed by atoms with Crippen LogP contribution in [0.1, 0.15) is 73.8 Å². The van der Waals surface area contributed by atoms with Crippen LogP contribution in [0.4, 0.5) is 0 Å². The van der Waals surface area contributed by atoms with Crippen LogP contribution in [0.25, 0.3) is 0 Å². The van der Waals surface area contributed by atoms with Gasteiger partial charge in [-0.1, -0.05) is 19.8 Å². The van der Waals surface area contributed by atoms with Crippen LogP contribution in [-0.4, -0.2) is 44.9 Å². The van der Waals surface area contributed by atoms with Crippen LogP contribution in [0.3, 0.4) is 0 Å². The summed E-state index contributed by atoms with van der Waals surface area (Å²) in [6.07, 6.45) is 8.77. The van der Waals surface area contributed by atoms with Crippen molar-refractivity contribution in [3.05, 3.63) is 17.5 Å². The molecule has 2 saturated carbocycles. The van der Waals surface area contributed by atoms with Gasteiger partial charge < -0.3 is 10.0 Å². The third-order valence-corrected chi connectivity index (χ3v) is 4.92. The lowest BCUT2D eigenvalue weighted by Crippen LogP contribution is -2.42. The molecule has 0 saturated heterocycles. The molecule has 1 N–H and O–H groups in total. The molecule has 0 bridgehead atoms. The maximum Gasteiger partial charge on any atom is 0.257 e. The molecule has 2 aliphatic carbocycles. The van der Waals surface area contributed by atoms with Crippen molar-refractivity contribution in [2.45, 2.75) is 69.9 Å². The van der Waals surface area contributed by atoms with Crippen LogP contribution < -0.4 is 0 Å². The van der Waals surface area contributed by atoms with Gasteiger partial charge in [0.1, 0.15) is 0 Å². The van der Waals surface area contributed by atoms with E-state index in [1.165, 1.54) is 0 Å². The Labute approximate surface area is 132 Å². The van der Waals surface area contributed by atoms with Gasteiger partial charge in [0.05, 0.1) is 23.1 Å². The lowest BCUT2D eigenvalue weighted by atomic mass is 10.0. The first-order chi connectivity index (χ1) is 10.5. The number of aliphatic hydroxyl groups is 1. The molecule has 5 heteroatoms. The number of likely N-dealkylation sites (N-methyl/N-ethyl adjacent to an activating group) is 1. The SMILES string of the molecule is CCCn1ncc(C(=O)N(C)CC2(O)CCCC2)c1C1CC1. The predicted octanol–water partition coefficient (Wildman–Crippen LogP) is 2.55. The molecule has 1 aromatic rings. The largest absolute Gasteiger partial charge is 0.388 e. The van der Waals surface area contributed by atoms with E-state index in [9.17, 15) is 9.90 Å². The highest BCUT2D eigenvalue weighted by Crippen LogP contribution is 2.42. The van der Waals surface area contributed by atoms with Crippen LogP contribution >= 0.6 is 0 Å². The molecule has 122 valence electrons. The Bertz CT molecular complexity index is 542. The van der Waals surface area contributed by atoms with Crippen LogP contribution in [0.15, 0.2) is 6.20 Å². The molecule has 22 heavy (non-hydrogen) atoms. The second kappa shape index (κ2) is 6.03. The fourth-order valence-corrected chi connectivity index (χ4v) is 3.65. The van der Waals surface area contributed by atoms with Crippen molar-refractivity contribution in [2.24, 2.45) is 0 Å². The van der Waals surface area contributed by atoms with Gasteiger partial charge in [-0.2, -0.15) is 5.10 Å². The highest BCUT2D eigenvalue weighted by molar-refractivity contribution is 5.95. The normalized spacial score (nSPS) is 20.3. The third kappa shape index (κ3) is 3.05. The number of aromatic nitrogens is 2. The molecule has 0 unspecified atom stereocenters. The number of nitrogens with zero attached hydrogens (tertiary/aromatic N) is 3. The zero-order valence-electron chi connectivity index (χ0n) is 13.7. The minimum atomic E-state index is -0.691. The Morgan fingerprint density at radius 1 is 1.45 bits per heavy atom. The lowest BCUT2D eigenvalue weighted by Gasteiger charge is -2.28. The molecule has 2 fully saturated rings. The Kier molecular flexibility index (Phi) is 4.26. The van der Waals surface area contributed by atoms with E-state index in [1.54, 1.807) is 18.1 Å². The molecule has 1 heterocycles. The molecule has 3 rings (SSSR count). The molecule has 2 aliphatic rings. The summed E-state index contributed by atoms with van der Waals surface area (Å²) in [5, 5.41) is 14.9. The molecule has 0 atom stereocenters. The van der Waals surface area contributed by atoms with E-state index in [4.69, 9.17) is 0 Å². The van der Waals surface area contributed by atoms with E-state index in [2.05, 4.69) is 12.0 Å². The van der Waals surface area contributed by atoms with Gasteiger partial charge in [-0.3, -0.25) is 9.48 Å². The summed E-state index contributed by atoms with van der Waals surface area (Å²) >= 11 is 0. The van der Waals surface area contributed by atoms with E-state index in [1.807, 2.05) is 4.68 Å². The summed E-state index contributed by atoms with van der Waals surface area (Å²) in [5.74, 6) is 0.501. The molecular weight excluding hydrogens is 278 g/mol. The maximum absolute atomic E-state index is 12.8. The highest BCUT2D eigenvalue weighted by Gasteiger charge is 2.36. The number of aryl methyl sites for hydroxylation is 1. The van der Waals surface area contributed by atoms with Crippen LogP contribution in [0.2, 0.25) is 0 Å². The van der Waals surface area contributed by atoms with Gasteiger partial charge in [-0.25, -0.2) is 0 Å². The third-order valence-electron chi connectivity index (χ3n) is 4.92. The summed E-state index contributed by atoms with van der Waals surface area (Å²) in [6, 6.07) is 0. The van der Waals surface area contributed by atoms with Crippen molar-refractivity contribution in [2.75, 3.05) is 13.6 Å². The van der Waals surface area contributed by atoms with Gasteiger partial charge in [0, 0.05) is 26.1 Å². The summed E-state index contributed by atoms with van der Waals surface area (Å²) in [5.41, 5.74) is 1.15. The van der Waals surface area contributed by atoms with Crippen LogP contribution in [0.5, 0.6) is 0 Å². The standard InChI is InChI=1S/C17H27N3O2/c1-3-10-20-15(13-6-7-13)14(11-18-20)16(21)19(2)12-17(22)8-4-5-9-17/h11,13,22H,3-10,12H2,1-2H3. The van der Waals surface area contributed by atoms with Crippen molar-refractivity contribution in [3.63, 3.8) is 0 Å². The monoisotopic (exact) mass is 305 g/mol. The van der Waals surface area contributed by atoms with Gasteiger partial charge in [0.15, 0.2) is 0 Å². The van der Waals surface area contributed by atoms with E-state index < -0.39 is 5.60 Å². The smallest absolute Gasteiger partial charge is 0.257 e. The van der Waals surface area contributed by atoms with Gasteiger partial charge in [0.2, 0.25) is 0 Å². The first-order valence-electron chi connectivity index (χ1n) is 8.57. The predicted molar refractivity (Wildman–Crippen MR) is 84.9 cm³/mol. The van der Waals surface area contributed by atoms with Crippen molar-refractivity contribution >= 4 is 5.91 Å². The zero-order chi connectivity index (χ0) is 15.7. The first-order valence-corrected chi connectivity index (χ1v) is 8.57. The number of hydrogen-bond donors (Lipinski definition) is 1. The maximum atomic E-state index is 12.8. The van der Waals surface area contributed by atoms with Crippen molar-refractivity contribution in [1.29, 1.82) is 0 Å². The summed E-state index contributed by atoms with van der Waals surface area (Å²) in [6.45, 7) is 3.42. The number of rotatable bonds is 6. The topological polar surface area (TPSA) is 58.4 Å². The number of carbonyl (C=O) groups excluding carboxylic acids is 1. The van der Waals surface area contributed by atoms with Gasteiger partial charge in [-0.15, -0.1) is 0 Å². The zero-order valence-corrected chi connectivity index (χ0v) is 13.7. The fraction of sp³-hybridized carbons (Fsp3) is 0.765. The Balaban J connectivity index is 1.76. The Hall–Kier alpha value is -1.36. The van der Waals surface area contributed by atoms with Crippen molar-refractivity contribution < 1.29 is 9.90 Å². The second-order valence-electron chi connectivity index (χ2n) is 7.03. The average Bonchev–Trinajstić information content (AvgIpc) is 3.10. The first kappa shape index (κ1) is 15.5. The van der Waals surface area contributed by atoms with Gasteiger partial charge in [0.25, 0.3) is 5.91 Å². The molecule has 0 aromatic carbocycles. The molecule has 0 aliphatic heterocycles. The molecular formula is C17H27N3O2. The summed E-state index contributed by atoms with van der Waals surface area (Å²) < 4.78 is 2.00. The minimum Gasteiger partial charge on any atom is -0.388 e. The summed E-state index contributed by atoms with van der Waals surface area (Å²) in [4.78, 5) is 14.5. The fourth-order valence-electron chi connectivity index (χ4n) is 3.65. The average molecular weight is 305 g/mol. The summed E-state index contributed by atoms with van der Waals surface area (Å²) in [7, 11) is 1.80. The van der Waals surface area contributed by atoms with Crippen LogP contribution in [-0.2, 0) is 6.54 Å². The quantitative estimate of drug-likeness (QED) is 0.878. The molecule has 1 aromatic heterocycles. The van der Waals surface area contributed by atoms with Crippen molar-refractivity contribution in [1.82, 2.24) is 14.7 Å². The van der Waals surface area contributed by atoms with Gasteiger partial charge in [-0.05, 0) is 32.1 Å². The van der Waals surface area contributed by atoms with E-state index in [0.29, 0.717) is 12.5 Å². The Morgan fingerprint density at radius 2 is 2.14 bits per heavy atom. The highest BCUT2D eigenvalue weighted by atomic mass is 16.3. The molecule has 0 radical (unpaired) electrons. The Morgan fingerprint density at radius 3 is 2.73 bits per heavy atom. The lowest BCUT2D eigenvalue weighted by molar-refractivity contribution is 0.0156. The van der Waals surface area contributed by atoms with E-state index in [0.717, 1.165) is 62.7 Å². The number of hydrogen-bond acceptors (Lipinski definition) is 3. The van der Waals surface area contributed by atoms with E-state index >= 15 is 0 Å². The molecule has 1 amide bonds. The molecule has 5 nitrogen and oxygen atoms in total. The van der Waals surface area contributed by atoms with E-state index in [-0.39, 0.29) is 5.91 Å². The minimum absolute atomic E-state index is 0.00424. The van der Waals surface area contributed by atoms with Gasteiger partial charge >= 0.3 is 0 Å².